The summed E-state index contributed by atoms with van der Waals surface area (Å²) in [7, 11) is 0. The highest BCUT2D eigenvalue weighted by atomic mass is 16.7. The zero-order valence-corrected chi connectivity index (χ0v) is 34.9. The molecule has 10 heteroatoms. The van der Waals surface area contributed by atoms with Crippen LogP contribution in [0.1, 0.15) is 194 Å². The van der Waals surface area contributed by atoms with Crippen LogP contribution in [-0.4, -0.2) is 89.0 Å². The first-order valence-corrected chi connectivity index (χ1v) is 22.4. The number of aliphatic hydroxyl groups excluding tert-OH is 4. The molecule has 0 aromatic heterocycles. The normalized spacial score (nSPS) is 20.7. The van der Waals surface area contributed by atoms with Gasteiger partial charge >= 0.3 is 11.9 Å². The molecule has 0 spiro atoms. The molecule has 4 N–H and O–H groups in total. The molecular weight excluding hydrogens is 700 g/mol. The molecule has 1 fully saturated rings. The Bertz CT molecular complexity index is 954. The maximum Gasteiger partial charge on any atom is 0.306 e. The molecule has 0 radical (unpaired) electrons. The van der Waals surface area contributed by atoms with Gasteiger partial charge in [-0.05, 0) is 51.4 Å². The molecule has 0 bridgehead atoms. The molecule has 10 nitrogen and oxygen atoms in total. The van der Waals surface area contributed by atoms with Gasteiger partial charge in [0.25, 0.3) is 0 Å². The molecule has 1 saturated heterocycles. The number of hydrogen-bond donors (Lipinski definition) is 4. The third-order valence-corrected chi connectivity index (χ3v) is 10.3. The van der Waals surface area contributed by atoms with E-state index in [0.29, 0.717) is 12.8 Å². The van der Waals surface area contributed by atoms with E-state index in [0.717, 1.165) is 32.1 Å². The van der Waals surface area contributed by atoms with E-state index in [-0.39, 0.29) is 26.1 Å². The van der Waals surface area contributed by atoms with Crippen molar-refractivity contribution in [3.05, 3.63) is 24.3 Å². The summed E-state index contributed by atoms with van der Waals surface area (Å²) < 4.78 is 22.1. The van der Waals surface area contributed by atoms with Gasteiger partial charge in [-0.1, -0.05) is 154 Å². The third kappa shape index (κ3) is 28.3. The van der Waals surface area contributed by atoms with E-state index < -0.39 is 55.4 Å². The number of hydrogen-bond acceptors (Lipinski definition) is 10. The first-order chi connectivity index (χ1) is 26.8. The van der Waals surface area contributed by atoms with Gasteiger partial charge in [-0.2, -0.15) is 0 Å². The SMILES string of the molecule is CCCCCCCCCCC/C=C/CCCCC(=O)OC[C@@H](CO[C@H]1O[C@@H](CO)[C@@H](O)C(O)C1O)OC(=O)CC/C=C/CCCCCCCCCCCCC. The zero-order valence-electron chi connectivity index (χ0n) is 34.9. The average Bonchev–Trinajstić information content (AvgIpc) is 3.18. The van der Waals surface area contributed by atoms with Crippen molar-refractivity contribution in [1.29, 1.82) is 0 Å². The Morgan fingerprint density at radius 3 is 1.49 bits per heavy atom. The van der Waals surface area contributed by atoms with E-state index in [4.69, 9.17) is 18.9 Å². The van der Waals surface area contributed by atoms with E-state index in [9.17, 15) is 30.0 Å². The molecule has 6 atom stereocenters. The predicted octanol–water partition coefficient (Wildman–Crippen LogP) is 9.33. The van der Waals surface area contributed by atoms with E-state index in [1.165, 1.54) is 122 Å². The fourth-order valence-electron chi connectivity index (χ4n) is 6.73. The monoisotopic (exact) mass is 783 g/mol. The third-order valence-electron chi connectivity index (χ3n) is 10.3. The van der Waals surface area contributed by atoms with Gasteiger partial charge in [0.05, 0.1) is 13.2 Å². The van der Waals surface area contributed by atoms with Crippen LogP contribution in [0.5, 0.6) is 0 Å². The smallest absolute Gasteiger partial charge is 0.306 e. The molecule has 0 aromatic rings. The molecule has 1 aliphatic heterocycles. The number of ether oxygens (including phenoxy) is 4. The minimum Gasteiger partial charge on any atom is -0.462 e. The molecular formula is C45H82O10. The quantitative estimate of drug-likeness (QED) is 0.0273. The van der Waals surface area contributed by atoms with Crippen molar-refractivity contribution in [3.63, 3.8) is 0 Å². The van der Waals surface area contributed by atoms with Crippen molar-refractivity contribution in [2.45, 2.75) is 230 Å². The lowest BCUT2D eigenvalue weighted by Crippen LogP contribution is -2.59. The van der Waals surface area contributed by atoms with Gasteiger partial charge in [0.15, 0.2) is 12.4 Å². The van der Waals surface area contributed by atoms with Crippen LogP contribution < -0.4 is 0 Å². The van der Waals surface area contributed by atoms with E-state index in [2.05, 4.69) is 32.1 Å². The lowest BCUT2D eigenvalue weighted by molar-refractivity contribution is -0.305. The van der Waals surface area contributed by atoms with Gasteiger partial charge in [0.2, 0.25) is 0 Å². The van der Waals surface area contributed by atoms with Gasteiger partial charge in [-0.25, -0.2) is 0 Å². The van der Waals surface area contributed by atoms with Gasteiger partial charge in [0.1, 0.15) is 31.0 Å². The molecule has 0 saturated carbocycles. The maximum absolute atomic E-state index is 12.7. The molecule has 1 heterocycles. The van der Waals surface area contributed by atoms with Gasteiger partial charge < -0.3 is 39.4 Å². The minimum atomic E-state index is -1.60. The molecule has 0 aromatic carbocycles. The summed E-state index contributed by atoms with van der Waals surface area (Å²) in [6.45, 7) is 3.37. The summed E-state index contributed by atoms with van der Waals surface area (Å²) in [5, 5.41) is 40.0. The number of carbonyl (C=O) groups excluding carboxylic acids is 2. The van der Waals surface area contributed by atoms with Crippen LogP contribution in [0.3, 0.4) is 0 Å². The summed E-state index contributed by atoms with van der Waals surface area (Å²) in [6, 6.07) is 0. The highest BCUT2D eigenvalue weighted by molar-refractivity contribution is 5.70. The number of rotatable bonds is 37. The van der Waals surface area contributed by atoms with Crippen LogP contribution in [-0.2, 0) is 28.5 Å². The van der Waals surface area contributed by atoms with Crippen LogP contribution in [0, 0.1) is 0 Å². The fourth-order valence-corrected chi connectivity index (χ4v) is 6.73. The lowest BCUT2D eigenvalue weighted by atomic mass is 9.99. The number of carbonyl (C=O) groups is 2. The summed E-state index contributed by atoms with van der Waals surface area (Å²) >= 11 is 0. The van der Waals surface area contributed by atoms with Crippen molar-refractivity contribution >= 4 is 11.9 Å². The number of allylic oxidation sites excluding steroid dienone is 4. The lowest BCUT2D eigenvalue weighted by Gasteiger charge is -2.39. The Morgan fingerprint density at radius 1 is 0.545 bits per heavy atom. The fraction of sp³-hybridized carbons (Fsp3) is 0.867. The van der Waals surface area contributed by atoms with Gasteiger partial charge in [-0.3, -0.25) is 9.59 Å². The Balaban J connectivity index is 2.37. The molecule has 0 amide bonds. The summed E-state index contributed by atoms with van der Waals surface area (Å²) in [6.07, 6.45) is 32.0. The van der Waals surface area contributed by atoms with Gasteiger partial charge in [-0.15, -0.1) is 0 Å². The van der Waals surface area contributed by atoms with Crippen molar-refractivity contribution in [3.8, 4) is 0 Å². The second-order valence-corrected chi connectivity index (χ2v) is 15.5. The van der Waals surface area contributed by atoms with Crippen molar-refractivity contribution in [2.24, 2.45) is 0 Å². The molecule has 55 heavy (non-hydrogen) atoms. The molecule has 322 valence electrons. The maximum atomic E-state index is 12.7. The van der Waals surface area contributed by atoms with E-state index in [1.54, 1.807) is 0 Å². The Hall–Kier alpha value is -1.82. The van der Waals surface area contributed by atoms with Crippen LogP contribution in [0.2, 0.25) is 0 Å². The first-order valence-electron chi connectivity index (χ1n) is 22.4. The van der Waals surface area contributed by atoms with Gasteiger partial charge in [0, 0.05) is 12.8 Å². The second-order valence-electron chi connectivity index (χ2n) is 15.5. The standard InChI is InChI=1S/C45H82O10/c1-3-5-7-9-11-13-15-17-19-21-23-25-27-29-31-33-40(47)52-36-38(37-53-45-44(51)43(50)42(49)39(35-46)55-45)54-41(48)34-32-30-28-26-24-22-20-18-16-14-12-10-8-6-4-2/h23,25,28,30,38-39,42-46,49-51H,3-22,24,26-27,29,31-37H2,1-2H3/b25-23+,30-28+/t38-,39-,42+,43?,44?,45-/m0/s1. The molecule has 0 aliphatic carbocycles. The molecule has 1 rings (SSSR count). The summed E-state index contributed by atoms with van der Waals surface area (Å²) in [5.41, 5.74) is 0. The average molecular weight is 783 g/mol. The minimum absolute atomic E-state index is 0.145. The predicted molar refractivity (Wildman–Crippen MR) is 219 cm³/mol. The Kier molecular flexibility index (Phi) is 34.0. The van der Waals surface area contributed by atoms with Crippen LogP contribution >= 0.6 is 0 Å². The van der Waals surface area contributed by atoms with Crippen molar-refractivity contribution in [2.75, 3.05) is 19.8 Å². The van der Waals surface area contributed by atoms with Crippen molar-refractivity contribution < 1.29 is 49.0 Å². The molecule has 2 unspecified atom stereocenters. The molecule has 1 aliphatic rings. The summed E-state index contributed by atoms with van der Waals surface area (Å²) in [4.78, 5) is 25.3. The topological polar surface area (TPSA) is 152 Å². The first kappa shape index (κ1) is 51.2. The van der Waals surface area contributed by atoms with E-state index >= 15 is 0 Å². The largest absolute Gasteiger partial charge is 0.462 e. The Labute approximate surface area is 334 Å². The Morgan fingerprint density at radius 2 is 1.00 bits per heavy atom. The van der Waals surface area contributed by atoms with Crippen LogP contribution in [0.15, 0.2) is 24.3 Å². The number of aliphatic hydroxyl groups is 4. The highest BCUT2D eigenvalue weighted by Gasteiger charge is 2.44. The van der Waals surface area contributed by atoms with Crippen molar-refractivity contribution in [1.82, 2.24) is 0 Å². The summed E-state index contributed by atoms with van der Waals surface area (Å²) in [5.74, 6) is -0.884. The highest BCUT2D eigenvalue weighted by Crippen LogP contribution is 2.22. The van der Waals surface area contributed by atoms with E-state index in [1.807, 2.05) is 6.08 Å². The number of unbranched alkanes of at least 4 members (excludes halogenated alkanes) is 22. The zero-order chi connectivity index (χ0) is 40.2. The van der Waals surface area contributed by atoms with Crippen LogP contribution in [0.4, 0.5) is 0 Å². The van der Waals surface area contributed by atoms with Crippen LogP contribution in [0.25, 0.3) is 0 Å². The second kappa shape index (κ2) is 36.5. The number of esters is 2.